The van der Waals surface area contributed by atoms with Gasteiger partial charge in [0.1, 0.15) is 6.54 Å². The Labute approximate surface area is 186 Å². The molecule has 0 aliphatic heterocycles. The van der Waals surface area contributed by atoms with Crippen LogP contribution >= 0.6 is 0 Å². The maximum atomic E-state index is 13.2. The van der Waals surface area contributed by atoms with Crippen molar-refractivity contribution in [3.63, 3.8) is 0 Å². The Hall–Kier alpha value is -3.99. The van der Waals surface area contributed by atoms with Crippen LogP contribution in [0.4, 0.5) is 5.69 Å². The lowest BCUT2D eigenvalue weighted by molar-refractivity contribution is -0.116. The summed E-state index contributed by atoms with van der Waals surface area (Å²) in [5.41, 5.74) is 4.61. The van der Waals surface area contributed by atoms with Gasteiger partial charge in [-0.1, -0.05) is 48.0 Å². The number of hydrogen-bond donors (Lipinski definition) is 1. The minimum absolute atomic E-state index is 0.0260. The van der Waals surface area contributed by atoms with Crippen molar-refractivity contribution in [2.75, 3.05) is 5.32 Å². The normalized spacial score (nSPS) is 10.8. The van der Waals surface area contributed by atoms with Crippen LogP contribution in [-0.2, 0) is 11.3 Å². The summed E-state index contributed by atoms with van der Waals surface area (Å²) in [6, 6.07) is 19.9. The van der Waals surface area contributed by atoms with E-state index in [1.807, 2.05) is 57.2 Å². The molecule has 0 bridgehead atoms. The summed E-state index contributed by atoms with van der Waals surface area (Å²) in [5.74, 6) is -0.598. The first-order valence-corrected chi connectivity index (χ1v) is 10.4. The number of pyridine rings is 1. The average Bonchev–Trinajstić information content (AvgIpc) is 2.78. The molecule has 0 aliphatic rings. The van der Waals surface area contributed by atoms with Crippen molar-refractivity contribution < 1.29 is 9.59 Å². The van der Waals surface area contributed by atoms with E-state index in [-0.39, 0.29) is 29.2 Å². The van der Waals surface area contributed by atoms with Gasteiger partial charge in [-0.05, 0) is 56.2 Å². The fourth-order valence-corrected chi connectivity index (χ4v) is 3.72. The fraction of sp³-hybridized carbons (Fsp3) is 0.148. The lowest BCUT2D eigenvalue weighted by Crippen LogP contribution is -2.24. The van der Waals surface area contributed by atoms with E-state index in [0.29, 0.717) is 22.2 Å². The van der Waals surface area contributed by atoms with Crippen molar-refractivity contribution in [2.24, 2.45) is 0 Å². The number of benzene rings is 3. The van der Waals surface area contributed by atoms with Crippen molar-refractivity contribution in [1.29, 1.82) is 0 Å². The topological polar surface area (TPSA) is 68.2 Å². The highest BCUT2D eigenvalue weighted by molar-refractivity contribution is 6.10. The van der Waals surface area contributed by atoms with Crippen LogP contribution < -0.4 is 10.7 Å². The van der Waals surface area contributed by atoms with E-state index in [1.165, 1.54) is 6.20 Å². The Morgan fingerprint density at radius 2 is 1.62 bits per heavy atom. The molecular formula is C27H24N2O3. The minimum atomic E-state index is -0.359. The molecule has 4 aromatic rings. The van der Waals surface area contributed by atoms with E-state index >= 15 is 0 Å². The van der Waals surface area contributed by atoms with Crippen molar-refractivity contribution in [1.82, 2.24) is 4.57 Å². The molecular weight excluding hydrogens is 400 g/mol. The number of nitrogens with zero attached hydrogens (tertiary/aromatic N) is 1. The second kappa shape index (κ2) is 8.63. The zero-order chi connectivity index (χ0) is 22.8. The maximum Gasteiger partial charge on any atom is 0.244 e. The lowest BCUT2D eigenvalue weighted by Gasteiger charge is -2.14. The summed E-state index contributed by atoms with van der Waals surface area (Å²) in [7, 11) is 0. The zero-order valence-electron chi connectivity index (χ0n) is 18.3. The molecule has 1 amide bonds. The van der Waals surface area contributed by atoms with Crippen LogP contribution in [0.25, 0.3) is 10.9 Å². The molecule has 0 saturated heterocycles. The van der Waals surface area contributed by atoms with Gasteiger partial charge in [0.05, 0.1) is 11.1 Å². The number of aromatic nitrogens is 1. The molecule has 0 saturated carbocycles. The Kier molecular flexibility index (Phi) is 5.73. The molecule has 0 aliphatic carbocycles. The van der Waals surface area contributed by atoms with E-state index in [1.54, 1.807) is 34.9 Å². The molecule has 4 rings (SSSR count). The van der Waals surface area contributed by atoms with Crippen LogP contribution in [0, 0.1) is 20.8 Å². The van der Waals surface area contributed by atoms with Crippen LogP contribution in [0.2, 0.25) is 0 Å². The first kappa shape index (κ1) is 21.2. The largest absolute Gasteiger partial charge is 0.337 e. The number of anilines is 1. The van der Waals surface area contributed by atoms with Gasteiger partial charge in [0.25, 0.3) is 0 Å². The number of fused-ring (bicyclic) bond motifs is 1. The van der Waals surface area contributed by atoms with Gasteiger partial charge in [-0.3, -0.25) is 14.4 Å². The molecule has 0 radical (unpaired) electrons. The van der Waals surface area contributed by atoms with Crippen LogP contribution in [0.5, 0.6) is 0 Å². The van der Waals surface area contributed by atoms with E-state index in [2.05, 4.69) is 5.32 Å². The van der Waals surface area contributed by atoms with Crippen LogP contribution in [-0.4, -0.2) is 16.3 Å². The molecule has 1 aromatic heterocycles. The molecule has 160 valence electrons. The predicted octanol–water partition coefficient (Wildman–Crippen LogP) is 4.80. The summed E-state index contributed by atoms with van der Waals surface area (Å²) in [6.07, 6.45) is 1.50. The smallest absolute Gasteiger partial charge is 0.244 e. The third kappa shape index (κ3) is 4.23. The molecule has 5 nitrogen and oxygen atoms in total. The highest BCUT2D eigenvalue weighted by Crippen LogP contribution is 2.18. The number of aryl methyl sites for hydroxylation is 3. The molecule has 5 heteroatoms. The van der Waals surface area contributed by atoms with Crippen molar-refractivity contribution in [3.05, 3.63) is 111 Å². The second-order valence-corrected chi connectivity index (χ2v) is 8.06. The van der Waals surface area contributed by atoms with E-state index in [4.69, 9.17) is 0 Å². The van der Waals surface area contributed by atoms with Gasteiger partial charge in [0, 0.05) is 22.8 Å². The van der Waals surface area contributed by atoms with Crippen molar-refractivity contribution >= 4 is 28.3 Å². The highest BCUT2D eigenvalue weighted by Gasteiger charge is 2.18. The van der Waals surface area contributed by atoms with Crippen LogP contribution in [0.3, 0.4) is 0 Å². The monoisotopic (exact) mass is 424 g/mol. The van der Waals surface area contributed by atoms with Gasteiger partial charge in [-0.25, -0.2) is 0 Å². The van der Waals surface area contributed by atoms with Gasteiger partial charge >= 0.3 is 0 Å². The van der Waals surface area contributed by atoms with Gasteiger partial charge in [-0.15, -0.1) is 0 Å². The molecule has 1 heterocycles. The molecule has 0 spiro atoms. The molecule has 1 N–H and O–H groups in total. The first-order chi connectivity index (χ1) is 15.3. The number of hydrogen-bond acceptors (Lipinski definition) is 3. The Morgan fingerprint density at radius 1 is 0.875 bits per heavy atom. The zero-order valence-corrected chi connectivity index (χ0v) is 18.3. The Morgan fingerprint density at radius 3 is 2.34 bits per heavy atom. The van der Waals surface area contributed by atoms with E-state index in [9.17, 15) is 14.4 Å². The highest BCUT2D eigenvalue weighted by atomic mass is 16.2. The number of amides is 1. The van der Waals surface area contributed by atoms with E-state index in [0.717, 1.165) is 16.7 Å². The third-order valence-electron chi connectivity index (χ3n) is 5.62. The average molecular weight is 425 g/mol. The number of rotatable bonds is 5. The molecule has 0 fully saturated rings. The number of ketones is 1. The molecule has 32 heavy (non-hydrogen) atoms. The van der Waals surface area contributed by atoms with Gasteiger partial charge in [0.15, 0.2) is 5.78 Å². The van der Waals surface area contributed by atoms with Crippen molar-refractivity contribution in [3.8, 4) is 0 Å². The fourth-order valence-electron chi connectivity index (χ4n) is 3.72. The van der Waals surface area contributed by atoms with Gasteiger partial charge in [0.2, 0.25) is 11.3 Å². The molecule has 0 unspecified atom stereocenters. The quantitative estimate of drug-likeness (QED) is 0.468. The molecule has 0 atom stereocenters. The van der Waals surface area contributed by atoms with Crippen molar-refractivity contribution in [2.45, 2.75) is 27.3 Å². The first-order valence-electron chi connectivity index (χ1n) is 10.4. The summed E-state index contributed by atoms with van der Waals surface area (Å²) in [6.45, 7) is 5.87. The summed E-state index contributed by atoms with van der Waals surface area (Å²) >= 11 is 0. The molecule has 3 aromatic carbocycles. The van der Waals surface area contributed by atoms with Gasteiger partial charge in [-0.2, -0.15) is 0 Å². The van der Waals surface area contributed by atoms with Gasteiger partial charge < -0.3 is 9.88 Å². The van der Waals surface area contributed by atoms with Crippen LogP contribution in [0.1, 0.15) is 32.6 Å². The Balaban J connectivity index is 1.75. The Bertz CT molecular complexity index is 1400. The summed E-state index contributed by atoms with van der Waals surface area (Å²) < 4.78 is 1.67. The maximum absolute atomic E-state index is 13.2. The van der Waals surface area contributed by atoms with E-state index < -0.39 is 0 Å². The minimum Gasteiger partial charge on any atom is -0.337 e. The summed E-state index contributed by atoms with van der Waals surface area (Å²) in [4.78, 5) is 39.1. The standard InChI is InChI=1S/C27H24N2O3/c1-17-9-12-24-22(13-17)27(32)23(26(31)20-7-5-4-6-8-20)15-29(24)16-25(30)28-21-11-10-18(2)19(3)14-21/h4-15H,16H2,1-3H3,(H,28,30). The second-order valence-electron chi connectivity index (χ2n) is 8.06. The predicted molar refractivity (Wildman–Crippen MR) is 127 cm³/mol. The number of nitrogens with one attached hydrogen (secondary N) is 1. The SMILES string of the molecule is Cc1ccc2c(c1)c(=O)c(C(=O)c1ccccc1)cn2CC(=O)Nc1ccc(C)c(C)c1. The van der Waals surface area contributed by atoms with Crippen LogP contribution in [0.15, 0.2) is 77.7 Å². The summed E-state index contributed by atoms with van der Waals surface area (Å²) in [5, 5.41) is 3.33. The number of carbonyl (C=O) groups is 2. The third-order valence-corrected chi connectivity index (χ3v) is 5.62. The lowest BCUT2D eigenvalue weighted by atomic mass is 10.0. The number of carbonyl (C=O) groups excluding carboxylic acids is 2.